The number of carboxylic acid groups (broad SMARTS) is 1. The third-order valence-corrected chi connectivity index (χ3v) is 2.59. The Kier molecular flexibility index (Phi) is 3.69. The number of hydrogen-bond acceptors (Lipinski definition) is 3. The Labute approximate surface area is 78.3 Å². The van der Waals surface area contributed by atoms with E-state index in [9.17, 15) is 4.79 Å². The molecule has 4 heteroatoms. The molecule has 0 bridgehead atoms. The highest BCUT2D eigenvalue weighted by Crippen LogP contribution is 2.19. The van der Waals surface area contributed by atoms with E-state index >= 15 is 0 Å². The van der Waals surface area contributed by atoms with Gasteiger partial charge in [0.05, 0.1) is 6.10 Å². The molecule has 1 aliphatic heterocycles. The quantitative estimate of drug-likeness (QED) is 0.672. The minimum Gasteiger partial charge on any atom is -0.480 e. The van der Waals surface area contributed by atoms with Crippen LogP contribution in [0.1, 0.15) is 20.3 Å². The number of nitrogens with one attached hydrogen (secondary N) is 1. The van der Waals surface area contributed by atoms with Crippen LogP contribution in [0.2, 0.25) is 0 Å². The molecule has 3 atom stereocenters. The van der Waals surface area contributed by atoms with Crippen LogP contribution >= 0.6 is 0 Å². The summed E-state index contributed by atoms with van der Waals surface area (Å²) >= 11 is 0. The van der Waals surface area contributed by atoms with E-state index in [1.807, 2.05) is 6.92 Å². The molecule has 0 aromatic heterocycles. The average Bonchev–Trinajstić information content (AvgIpc) is 2.47. The zero-order valence-corrected chi connectivity index (χ0v) is 8.12. The Morgan fingerprint density at radius 1 is 1.77 bits per heavy atom. The summed E-state index contributed by atoms with van der Waals surface area (Å²) < 4.78 is 5.37. The van der Waals surface area contributed by atoms with Gasteiger partial charge in [0.2, 0.25) is 0 Å². The molecule has 1 aliphatic rings. The second kappa shape index (κ2) is 4.58. The van der Waals surface area contributed by atoms with Gasteiger partial charge in [-0.1, -0.05) is 0 Å². The Morgan fingerprint density at radius 2 is 2.46 bits per heavy atom. The second-order valence-corrected chi connectivity index (χ2v) is 3.59. The van der Waals surface area contributed by atoms with Gasteiger partial charge in [-0.2, -0.15) is 0 Å². The lowest BCUT2D eigenvalue weighted by molar-refractivity contribution is -0.139. The lowest BCUT2D eigenvalue weighted by Gasteiger charge is -2.16. The Bertz CT molecular complexity index is 184. The van der Waals surface area contributed by atoms with Gasteiger partial charge in [0, 0.05) is 13.2 Å². The summed E-state index contributed by atoms with van der Waals surface area (Å²) in [5, 5.41) is 11.6. The summed E-state index contributed by atoms with van der Waals surface area (Å²) in [7, 11) is 0. The first-order valence-electron chi connectivity index (χ1n) is 4.69. The van der Waals surface area contributed by atoms with Crippen LogP contribution in [0.5, 0.6) is 0 Å². The topological polar surface area (TPSA) is 58.6 Å². The Hall–Kier alpha value is -0.610. The number of carbonyl (C=O) groups is 1. The predicted molar refractivity (Wildman–Crippen MR) is 48.6 cm³/mol. The zero-order valence-electron chi connectivity index (χ0n) is 8.12. The molecule has 0 saturated carbocycles. The fraction of sp³-hybridized carbons (Fsp3) is 0.889. The van der Waals surface area contributed by atoms with Crippen molar-refractivity contribution in [2.45, 2.75) is 32.4 Å². The standard InChI is InChI=1S/C9H17NO3/c1-6(9(11)12)10-5-8-3-4-13-7(8)2/h6-8,10H,3-5H2,1-2H3,(H,11,12). The molecule has 0 aromatic carbocycles. The predicted octanol–water partition coefficient (Wildman–Crippen LogP) is 0.474. The number of aliphatic carboxylic acids is 1. The van der Waals surface area contributed by atoms with Gasteiger partial charge in [-0.05, 0) is 26.2 Å². The van der Waals surface area contributed by atoms with Crippen molar-refractivity contribution in [2.75, 3.05) is 13.2 Å². The molecule has 0 spiro atoms. The lowest BCUT2D eigenvalue weighted by atomic mass is 10.0. The van der Waals surface area contributed by atoms with E-state index in [0.29, 0.717) is 5.92 Å². The lowest BCUT2D eigenvalue weighted by Crippen LogP contribution is -2.38. The van der Waals surface area contributed by atoms with E-state index in [-0.39, 0.29) is 6.10 Å². The monoisotopic (exact) mass is 187 g/mol. The maximum atomic E-state index is 10.5. The van der Waals surface area contributed by atoms with Crippen molar-refractivity contribution in [3.63, 3.8) is 0 Å². The van der Waals surface area contributed by atoms with Gasteiger partial charge in [0.15, 0.2) is 0 Å². The highest BCUT2D eigenvalue weighted by atomic mass is 16.5. The summed E-state index contributed by atoms with van der Waals surface area (Å²) in [6, 6.07) is -0.465. The van der Waals surface area contributed by atoms with Crippen molar-refractivity contribution in [3.05, 3.63) is 0 Å². The average molecular weight is 187 g/mol. The minimum absolute atomic E-state index is 0.258. The maximum absolute atomic E-state index is 10.5. The molecular formula is C9H17NO3. The van der Waals surface area contributed by atoms with Gasteiger partial charge in [0.1, 0.15) is 6.04 Å². The first kappa shape index (κ1) is 10.5. The molecular weight excluding hydrogens is 170 g/mol. The van der Waals surface area contributed by atoms with Gasteiger partial charge in [0.25, 0.3) is 0 Å². The van der Waals surface area contributed by atoms with Crippen LogP contribution in [0, 0.1) is 5.92 Å². The summed E-state index contributed by atoms with van der Waals surface area (Å²) in [6.07, 6.45) is 1.29. The summed E-state index contributed by atoms with van der Waals surface area (Å²) in [5.74, 6) is -0.339. The van der Waals surface area contributed by atoms with Crippen LogP contribution in [0.25, 0.3) is 0 Å². The maximum Gasteiger partial charge on any atom is 0.320 e. The normalized spacial score (nSPS) is 30.3. The molecule has 1 fully saturated rings. The van der Waals surface area contributed by atoms with Crippen molar-refractivity contribution in [2.24, 2.45) is 5.92 Å². The van der Waals surface area contributed by atoms with E-state index < -0.39 is 12.0 Å². The fourth-order valence-electron chi connectivity index (χ4n) is 1.46. The zero-order chi connectivity index (χ0) is 9.84. The number of hydrogen-bond donors (Lipinski definition) is 2. The second-order valence-electron chi connectivity index (χ2n) is 3.59. The molecule has 2 N–H and O–H groups in total. The number of ether oxygens (including phenoxy) is 1. The van der Waals surface area contributed by atoms with Crippen molar-refractivity contribution in [1.29, 1.82) is 0 Å². The van der Waals surface area contributed by atoms with Crippen LogP contribution in [0.3, 0.4) is 0 Å². The molecule has 0 radical (unpaired) electrons. The van der Waals surface area contributed by atoms with E-state index in [4.69, 9.17) is 9.84 Å². The van der Waals surface area contributed by atoms with Crippen LogP contribution in [0.4, 0.5) is 0 Å². The highest BCUT2D eigenvalue weighted by Gasteiger charge is 2.24. The van der Waals surface area contributed by atoms with Crippen LogP contribution in [-0.4, -0.2) is 36.4 Å². The minimum atomic E-state index is -0.799. The SMILES string of the molecule is CC(NCC1CCOC1C)C(=O)O. The van der Waals surface area contributed by atoms with Gasteiger partial charge in [-0.3, -0.25) is 4.79 Å². The molecule has 4 nitrogen and oxygen atoms in total. The molecule has 0 aromatic rings. The third-order valence-electron chi connectivity index (χ3n) is 2.59. The van der Waals surface area contributed by atoms with Crippen molar-refractivity contribution < 1.29 is 14.6 Å². The van der Waals surface area contributed by atoms with E-state index in [0.717, 1.165) is 19.6 Å². The first-order valence-corrected chi connectivity index (χ1v) is 4.69. The van der Waals surface area contributed by atoms with E-state index in [1.165, 1.54) is 0 Å². The fourth-order valence-corrected chi connectivity index (χ4v) is 1.46. The smallest absolute Gasteiger partial charge is 0.320 e. The molecule has 0 amide bonds. The molecule has 1 heterocycles. The van der Waals surface area contributed by atoms with Gasteiger partial charge in [-0.25, -0.2) is 0 Å². The van der Waals surface area contributed by atoms with Crippen LogP contribution < -0.4 is 5.32 Å². The van der Waals surface area contributed by atoms with Crippen LogP contribution in [0.15, 0.2) is 0 Å². The molecule has 76 valence electrons. The number of rotatable bonds is 4. The summed E-state index contributed by atoms with van der Waals surface area (Å²) in [5.41, 5.74) is 0. The van der Waals surface area contributed by atoms with Crippen molar-refractivity contribution in [1.82, 2.24) is 5.32 Å². The largest absolute Gasteiger partial charge is 0.480 e. The molecule has 0 aliphatic carbocycles. The van der Waals surface area contributed by atoms with Gasteiger partial charge in [-0.15, -0.1) is 0 Å². The number of carboxylic acids is 1. The van der Waals surface area contributed by atoms with Crippen LogP contribution in [-0.2, 0) is 9.53 Å². The highest BCUT2D eigenvalue weighted by molar-refractivity contribution is 5.72. The molecule has 1 saturated heterocycles. The summed E-state index contributed by atoms with van der Waals surface area (Å²) in [4.78, 5) is 10.5. The Morgan fingerprint density at radius 3 is 2.92 bits per heavy atom. The molecule has 13 heavy (non-hydrogen) atoms. The molecule has 3 unspecified atom stereocenters. The van der Waals surface area contributed by atoms with E-state index in [1.54, 1.807) is 6.92 Å². The first-order chi connectivity index (χ1) is 6.11. The van der Waals surface area contributed by atoms with Gasteiger partial charge < -0.3 is 15.2 Å². The van der Waals surface area contributed by atoms with Gasteiger partial charge >= 0.3 is 5.97 Å². The van der Waals surface area contributed by atoms with E-state index in [2.05, 4.69) is 5.32 Å². The van der Waals surface area contributed by atoms with Crippen molar-refractivity contribution >= 4 is 5.97 Å². The van der Waals surface area contributed by atoms with Crippen molar-refractivity contribution in [3.8, 4) is 0 Å². The summed E-state index contributed by atoms with van der Waals surface area (Å²) in [6.45, 7) is 5.22. The Balaban J connectivity index is 2.22. The third kappa shape index (κ3) is 2.97. The molecule has 1 rings (SSSR count).